The van der Waals surface area contributed by atoms with Gasteiger partial charge in [-0.3, -0.25) is 9.78 Å². The van der Waals surface area contributed by atoms with E-state index >= 15 is 0 Å². The third-order valence-electron chi connectivity index (χ3n) is 5.21. The molecule has 3 rings (SSSR count). The van der Waals surface area contributed by atoms with Crippen LogP contribution in [0.3, 0.4) is 0 Å². The van der Waals surface area contributed by atoms with Crippen LogP contribution in [-0.2, 0) is 17.4 Å². The Bertz CT molecular complexity index is 826. The van der Waals surface area contributed by atoms with E-state index in [9.17, 15) is 18.0 Å². The number of piperidine rings is 1. The molecule has 156 valence electrons. The summed E-state index contributed by atoms with van der Waals surface area (Å²) in [6.45, 7) is 1.87. The smallest absolute Gasteiger partial charge is 0.342 e. The zero-order valence-electron chi connectivity index (χ0n) is 16.7. The monoisotopic (exact) mass is 405 g/mol. The predicted molar refractivity (Wildman–Crippen MR) is 106 cm³/mol. The molecule has 0 radical (unpaired) electrons. The van der Waals surface area contributed by atoms with Gasteiger partial charge in [0.15, 0.2) is 0 Å². The molecule has 1 aromatic carbocycles. The molecule has 1 aromatic heterocycles. The SMILES string of the molecule is CN(C)CC(=O)N1CCC(c2cccc(Cc3ccc(C(F)(F)F)cc3)n2)CC1. The Labute approximate surface area is 169 Å². The number of likely N-dealkylation sites (tertiary alicyclic amines) is 1. The number of aromatic nitrogens is 1. The van der Waals surface area contributed by atoms with Crippen molar-refractivity contribution in [3.05, 3.63) is 65.0 Å². The Kier molecular flexibility index (Phi) is 6.57. The summed E-state index contributed by atoms with van der Waals surface area (Å²) in [5.41, 5.74) is 1.99. The van der Waals surface area contributed by atoms with Gasteiger partial charge in [0.1, 0.15) is 0 Å². The van der Waals surface area contributed by atoms with Gasteiger partial charge in [-0.15, -0.1) is 0 Å². The molecule has 4 nitrogen and oxygen atoms in total. The lowest BCUT2D eigenvalue weighted by molar-refractivity contribution is -0.137. The van der Waals surface area contributed by atoms with Crippen molar-refractivity contribution >= 4 is 5.91 Å². The maximum absolute atomic E-state index is 12.7. The van der Waals surface area contributed by atoms with Crippen LogP contribution in [0.15, 0.2) is 42.5 Å². The second-order valence-electron chi connectivity index (χ2n) is 7.82. The fourth-order valence-corrected chi connectivity index (χ4v) is 3.64. The van der Waals surface area contributed by atoms with Crippen LogP contribution in [0, 0.1) is 0 Å². The van der Waals surface area contributed by atoms with Gasteiger partial charge in [0.2, 0.25) is 5.91 Å². The van der Waals surface area contributed by atoms with Crippen LogP contribution in [-0.4, -0.2) is 54.4 Å². The first-order valence-corrected chi connectivity index (χ1v) is 9.77. The standard InChI is InChI=1S/C22H26F3N3O/c1-27(2)15-21(29)28-12-10-17(11-13-28)20-5-3-4-19(26-20)14-16-6-8-18(9-7-16)22(23,24)25/h3-9,17H,10-15H2,1-2H3. The van der Waals surface area contributed by atoms with Crippen molar-refractivity contribution in [2.24, 2.45) is 0 Å². The van der Waals surface area contributed by atoms with Gasteiger partial charge in [-0.2, -0.15) is 13.2 Å². The molecule has 0 bridgehead atoms. The van der Waals surface area contributed by atoms with Gasteiger partial charge in [-0.25, -0.2) is 0 Å². The van der Waals surface area contributed by atoms with Gasteiger partial charge in [0.05, 0.1) is 12.1 Å². The number of hydrogen-bond acceptors (Lipinski definition) is 3. The average molecular weight is 405 g/mol. The highest BCUT2D eigenvalue weighted by Crippen LogP contribution is 2.30. The molecule has 1 amide bonds. The maximum atomic E-state index is 12.7. The highest BCUT2D eigenvalue weighted by Gasteiger charge is 2.30. The van der Waals surface area contributed by atoms with Crippen LogP contribution in [0.5, 0.6) is 0 Å². The van der Waals surface area contributed by atoms with Crippen molar-refractivity contribution in [2.75, 3.05) is 33.7 Å². The Morgan fingerprint density at radius 3 is 2.34 bits per heavy atom. The van der Waals surface area contributed by atoms with Gasteiger partial charge in [0, 0.05) is 36.8 Å². The molecule has 1 fully saturated rings. The fourth-order valence-electron chi connectivity index (χ4n) is 3.64. The molecule has 0 N–H and O–H groups in total. The number of pyridine rings is 1. The lowest BCUT2D eigenvalue weighted by atomic mass is 9.92. The summed E-state index contributed by atoms with van der Waals surface area (Å²) in [6.07, 6.45) is -2.09. The van der Waals surface area contributed by atoms with Crippen LogP contribution in [0.2, 0.25) is 0 Å². The summed E-state index contributed by atoms with van der Waals surface area (Å²) >= 11 is 0. The second-order valence-corrected chi connectivity index (χ2v) is 7.82. The van der Waals surface area contributed by atoms with E-state index in [1.807, 2.05) is 42.1 Å². The van der Waals surface area contributed by atoms with E-state index < -0.39 is 11.7 Å². The lowest BCUT2D eigenvalue weighted by Gasteiger charge is -2.32. The van der Waals surface area contributed by atoms with Crippen molar-refractivity contribution in [2.45, 2.75) is 31.4 Å². The van der Waals surface area contributed by atoms with Crippen molar-refractivity contribution in [1.29, 1.82) is 0 Å². The van der Waals surface area contributed by atoms with Crippen LogP contribution < -0.4 is 0 Å². The molecule has 0 unspecified atom stereocenters. The van der Waals surface area contributed by atoms with E-state index in [0.717, 1.165) is 55.0 Å². The topological polar surface area (TPSA) is 36.4 Å². The normalized spacial score (nSPS) is 15.7. The molecule has 0 saturated carbocycles. The minimum absolute atomic E-state index is 0.150. The van der Waals surface area contributed by atoms with E-state index in [1.54, 1.807) is 0 Å². The summed E-state index contributed by atoms with van der Waals surface area (Å²) in [6, 6.07) is 11.1. The molecule has 29 heavy (non-hydrogen) atoms. The van der Waals surface area contributed by atoms with Gasteiger partial charge >= 0.3 is 6.18 Å². The van der Waals surface area contributed by atoms with Crippen molar-refractivity contribution < 1.29 is 18.0 Å². The highest BCUT2D eigenvalue weighted by atomic mass is 19.4. The van der Waals surface area contributed by atoms with E-state index in [-0.39, 0.29) is 5.91 Å². The molecule has 2 heterocycles. The summed E-state index contributed by atoms with van der Waals surface area (Å²) in [7, 11) is 3.77. The first kappa shape index (κ1) is 21.3. The zero-order chi connectivity index (χ0) is 21.0. The Morgan fingerprint density at radius 2 is 1.76 bits per heavy atom. The number of hydrogen-bond donors (Lipinski definition) is 0. The van der Waals surface area contributed by atoms with Gasteiger partial charge in [-0.05, 0) is 56.8 Å². The number of benzene rings is 1. The number of alkyl halides is 3. The minimum Gasteiger partial charge on any atom is -0.342 e. The van der Waals surface area contributed by atoms with Crippen molar-refractivity contribution in [1.82, 2.24) is 14.8 Å². The zero-order valence-corrected chi connectivity index (χ0v) is 16.7. The summed E-state index contributed by atoms with van der Waals surface area (Å²) in [5.74, 6) is 0.448. The molecule has 0 aliphatic carbocycles. The number of halogens is 3. The van der Waals surface area contributed by atoms with Gasteiger partial charge < -0.3 is 9.80 Å². The molecule has 2 aromatic rings. The molecule has 1 aliphatic heterocycles. The average Bonchev–Trinajstić information content (AvgIpc) is 2.67. The van der Waals surface area contributed by atoms with Crippen molar-refractivity contribution in [3.63, 3.8) is 0 Å². The van der Waals surface area contributed by atoms with Crippen LogP contribution in [0.25, 0.3) is 0 Å². The third-order valence-corrected chi connectivity index (χ3v) is 5.21. The summed E-state index contributed by atoms with van der Waals surface area (Å²) in [4.78, 5) is 20.7. The quantitative estimate of drug-likeness (QED) is 0.756. The Balaban J connectivity index is 1.61. The maximum Gasteiger partial charge on any atom is 0.416 e. The summed E-state index contributed by atoms with van der Waals surface area (Å²) in [5, 5.41) is 0. The third kappa shape index (κ3) is 5.79. The number of carbonyl (C=O) groups is 1. The van der Waals surface area contributed by atoms with Gasteiger partial charge in [0.25, 0.3) is 0 Å². The first-order valence-electron chi connectivity index (χ1n) is 9.77. The second kappa shape index (κ2) is 8.95. The number of amides is 1. The van der Waals surface area contributed by atoms with Gasteiger partial charge in [-0.1, -0.05) is 18.2 Å². The van der Waals surface area contributed by atoms with Crippen molar-refractivity contribution in [3.8, 4) is 0 Å². The first-order chi connectivity index (χ1) is 13.7. The number of rotatable bonds is 5. The highest BCUT2D eigenvalue weighted by molar-refractivity contribution is 5.78. The largest absolute Gasteiger partial charge is 0.416 e. The number of carbonyl (C=O) groups excluding carboxylic acids is 1. The minimum atomic E-state index is -4.32. The van der Waals surface area contributed by atoms with E-state index in [0.29, 0.717) is 18.9 Å². The van der Waals surface area contributed by atoms with Crippen LogP contribution in [0.1, 0.15) is 41.3 Å². The Morgan fingerprint density at radius 1 is 1.10 bits per heavy atom. The van der Waals surface area contributed by atoms with E-state index in [1.165, 1.54) is 12.1 Å². The number of nitrogens with zero attached hydrogens (tertiary/aromatic N) is 3. The molecular formula is C22H26F3N3O. The molecule has 7 heteroatoms. The summed E-state index contributed by atoms with van der Waals surface area (Å²) < 4.78 is 38.1. The van der Waals surface area contributed by atoms with E-state index in [2.05, 4.69) is 0 Å². The number of likely N-dealkylation sites (N-methyl/N-ethyl adjacent to an activating group) is 1. The lowest BCUT2D eigenvalue weighted by Crippen LogP contribution is -2.42. The molecule has 0 atom stereocenters. The molecule has 1 aliphatic rings. The predicted octanol–water partition coefficient (Wildman–Crippen LogP) is 3.96. The molecule has 0 spiro atoms. The fraction of sp³-hybridized carbons (Fsp3) is 0.455. The molecule has 1 saturated heterocycles. The van der Waals surface area contributed by atoms with E-state index in [4.69, 9.17) is 4.98 Å². The van der Waals surface area contributed by atoms with Crippen LogP contribution in [0.4, 0.5) is 13.2 Å². The Hall–Kier alpha value is -2.41. The van der Waals surface area contributed by atoms with Crippen LogP contribution >= 0.6 is 0 Å². The molecular weight excluding hydrogens is 379 g/mol.